The third-order valence-corrected chi connectivity index (χ3v) is 3.64. The van der Waals surface area contributed by atoms with E-state index in [2.05, 4.69) is 4.98 Å². The molecule has 25 heavy (non-hydrogen) atoms. The zero-order valence-corrected chi connectivity index (χ0v) is 13.4. The molecule has 0 amide bonds. The highest BCUT2D eigenvalue weighted by atomic mass is 35.5. The number of halogens is 7. The minimum absolute atomic E-state index is 0.0735. The Morgan fingerprint density at radius 3 is 2.28 bits per heavy atom. The number of Topliss-reactive ketones (excluding diaryl/α,β-unsaturated/α-hetero) is 1. The van der Waals surface area contributed by atoms with Gasteiger partial charge in [-0.1, -0.05) is 17.7 Å². The first kappa shape index (κ1) is 19.2. The van der Waals surface area contributed by atoms with Crippen LogP contribution < -0.4 is 0 Å². The molecule has 0 aliphatic carbocycles. The molecule has 0 saturated heterocycles. The minimum Gasteiger partial charge on any atom is -0.284 e. The third-order valence-electron chi connectivity index (χ3n) is 3.41. The first-order valence-corrected chi connectivity index (χ1v) is 7.21. The lowest BCUT2D eigenvalue weighted by Gasteiger charge is -2.14. The van der Waals surface area contributed by atoms with E-state index in [0.717, 1.165) is 11.6 Å². The average molecular weight is 382 g/mol. The van der Waals surface area contributed by atoms with Crippen molar-refractivity contribution in [1.29, 1.82) is 0 Å². The second kappa shape index (κ2) is 6.67. The van der Waals surface area contributed by atoms with Gasteiger partial charge in [0.1, 0.15) is 0 Å². The van der Waals surface area contributed by atoms with E-state index in [1.54, 1.807) is 19.1 Å². The normalized spacial score (nSPS) is 12.3. The summed E-state index contributed by atoms with van der Waals surface area (Å²) >= 11 is 5.83. The van der Waals surface area contributed by atoms with Gasteiger partial charge in [-0.15, -0.1) is 0 Å². The van der Waals surface area contributed by atoms with Crippen molar-refractivity contribution in [2.24, 2.45) is 0 Å². The Kier molecular flexibility index (Phi) is 5.13. The van der Waals surface area contributed by atoms with Gasteiger partial charge in [-0.05, 0) is 42.3 Å². The molecule has 0 saturated carbocycles. The second-order valence-corrected chi connectivity index (χ2v) is 5.71. The molecule has 0 unspecified atom stereocenters. The van der Waals surface area contributed by atoms with Crippen molar-refractivity contribution in [3.05, 3.63) is 63.4 Å². The molecule has 2 nitrogen and oxygen atoms in total. The second-order valence-electron chi connectivity index (χ2n) is 5.27. The number of rotatable bonds is 3. The van der Waals surface area contributed by atoms with Crippen LogP contribution in [-0.2, 0) is 12.6 Å². The van der Waals surface area contributed by atoms with Crippen molar-refractivity contribution >= 4 is 17.4 Å². The van der Waals surface area contributed by atoms with E-state index in [0.29, 0.717) is 16.7 Å². The molecule has 0 N–H and O–H groups in total. The van der Waals surface area contributed by atoms with E-state index >= 15 is 0 Å². The molecule has 0 atom stereocenters. The van der Waals surface area contributed by atoms with E-state index in [9.17, 15) is 31.1 Å². The average Bonchev–Trinajstić information content (AvgIpc) is 2.48. The SMILES string of the molecule is Cc1ccc(Cl)cc1Cc1ccc(C(=O)C(F)(F)F)c(C(F)(F)F)n1. The molecule has 1 aromatic heterocycles. The first-order chi connectivity index (χ1) is 11.4. The predicted octanol–water partition coefficient (Wildman–Crippen LogP) is 5.40. The van der Waals surface area contributed by atoms with Gasteiger partial charge in [0.25, 0.3) is 5.78 Å². The quantitative estimate of drug-likeness (QED) is 0.526. The third kappa shape index (κ3) is 4.50. The number of aryl methyl sites for hydroxylation is 1. The van der Waals surface area contributed by atoms with Crippen molar-refractivity contribution < 1.29 is 31.1 Å². The molecule has 9 heteroatoms. The van der Waals surface area contributed by atoms with Crippen LogP contribution in [-0.4, -0.2) is 16.9 Å². The Bertz CT molecular complexity index is 813. The van der Waals surface area contributed by atoms with Crippen LogP contribution in [0.2, 0.25) is 5.02 Å². The maximum absolute atomic E-state index is 13.1. The first-order valence-electron chi connectivity index (χ1n) is 6.83. The lowest BCUT2D eigenvalue weighted by molar-refractivity contribution is -0.142. The van der Waals surface area contributed by atoms with Crippen molar-refractivity contribution in [3.63, 3.8) is 0 Å². The van der Waals surface area contributed by atoms with E-state index in [1.165, 1.54) is 6.07 Å². The molecule has 134 valence electrons. The summed E-state index contributed by atoms with van der Waals surface area (Å²) in [5.74, 6) is -2.59. The maximum atomic E-state index is 13.1. The summed E-state index contributed by atoms with van der Waals surface area (Å²) in [6, 6.07) is 6.25. The highest BCUT2D eigenvalue weighted by Crippen LogP contribution is 2.34. The van der Waals surface area contributed by atoms with Crippen LogP contribution in [0.5, 0.6) is 0 Å². The van der Waals surface area contributed by atoms with Gasteiger partial charge >= 0.3 is 12.4 Å². The highest BCUT2D eigenvalue weighted by Gasteiger charge is 2.45. The number of carbonyl (C=O) groups excluding carboxylic acids is 1. The smallest absolute Gasteiger partial charge is 0.284 e. The number of hydrogen-bond donors (Lipinski definition) is 0. The van der Waals surface area contributed by atoms with Crippen LogP contribution in [0.25, 0.3) is 0 Å². The summed E-state index contributed by atoms with van der Waals surface area (Å²) in [6.07, 6.45) is -10.7. The van der Waals surface area contributed by atoms with Gasteiger partial charge in [0, 0.05) is 17.1 Å². The molecule has 2 aromatic rings. The molecule has 0 bridgehead atoms. The van der Waals surface area contributed by atoms with Crippen LogP contribution in [0.4, 0.5) is 26.3 Å². The van der Waals surface area contributed by atoms with Gasteiger partial charge in [-0.3, -0.25) is 4.79 Å². The van der Waals surface area contributed by atoms with E-state index in [1.807, 2.05) is 0 Å². The predicted molar refractivity (Wildman–Crippen MR) is 78.6 cm³/mol. The van der Waals surface area contributed by atoms with E-state index in [4.69, 9.17) is 11.6 Å². The molecule has 2 rings (SSSR count). The van der Waals surface area contributed by atoms with Gasteiger partial charge in [-0.25, -0.2) is 4.98 Å². The van der Waals surface area contributed by atoms with Crippen molar-refractivity contribution in [2.75, 3.05) is 0 Å². The van der Waals surface area contributed by atoms with Crippen LogP contribution >= 0.6 is 11.6 Å². The number of carbonyl (C=O) groups is 1. The van der Waals surface area contributed by atoms with Crippen molar-refractivity contribution in [1.82, 2.24) is 4.98 Å². The molecule has 0 aliphatic rings. The molecule has 0 aliphatic heterocycles. The molecule has 0 radical (unpaired) electrons. The molecular formula is C16H10ClF6NO. The summed E-state index contributed by atoms with van der Waals surface area (Å²) in [5, 5.41) is 0.362. The van der Waals surface area contributed by atoms with Gasteiger partial charge in [0.05, 0.1) is 5.56 Å². The Balaban J connectivity index is 2.49. The fourth-order valence-electron chi connectivity index (χ4n) is 2.18. The van der Waals surface area contributed by atoms with Gasteiger partial charge in [0.15, 0.2) is 5.69 Å². The lowest BCUT2D eigenvalue weighted by atomic mass is 10.0. The fourth-order valence-corrected chi connectivity index (χ4v) is 2.37. The highest BCUT2D eigenvalue weighted by molar-refractivity contribution is 6.30. The number of pyridine rings is 1. The van der Waals surface area contributed by atoms with Gasteiger partial charge in [0.2, 0.25) is 0 Å². The molecule has 0 spiro atoms. The number of alkyl halides is 6. The maximum Gasteiger partial charge on any atom is 0.454 e. The Morgan fingerprint density at radius 2 is 1.72 bits per heavy atom. The molecule has 0 fully saturated rings. The monoisotopic (exact) mass is 381 g/mol. The Hall–Kier alpha value is -2.09. The summed E-state index contributed by atoms with van der Waals surface area (Å²) in [5.41, 5.74) is -2.20. The van der Waals surface area contributed by atoms with Crippen molar-refractivity contribution in [2.45, 2.75) is 25.7 Å². The summed E-state index contributed by atoms with van der Waals surface area (Å²) in [7, 11) is 0. The minimum atomic E-state index is -5.42. The largest absolute Gasteiger partial charge is 0.454 e. The van der Waals surface area contributed by atoms with E-state index < -0.39 is 29.4 Å². The number of nitrogens with zero attached hydrogens (tertiary/aromatic N) is 1. The standard InChI is InChI=1S/C16H10ClF6NO/c1-8-2-3-10(17)6-9(8)7-11-4-5-12(14(25)16(21,22)23)13(24-11)15(18,19)20/h2-6H,7H2,1H3. The fraction of sp³-hybridized carbons (Fsp3) is 0.250. The topological polar surface area (TPSA) is 30.0 Å². The van der Waals surface area contributed by atoms with Crippen molar-refractivity contribution in [3.8, 4) is 0 Å². The number of ketones is 1. The molecule has 1 aromatic carbocycles. The number of aromatic nitrogens is 1. The van der Waals surface area contributed by atoms with Crippen LogP contribution in [0.3, 0.4) is 0 Å². The molecule has 1 heterocycles. The Labute approximate surface area is 143 Å². The van der Waals surface area contributed by atoms with Crippen LogP contribution in [0, 0.1) is 6.92 Å². The number of hydrogen-bond acceptors (Lipinski definition) is 2. The van der Waals surface area contributed by atoms with E-state index in [-0.39, 0.29) is 12.1 Å². The van der Waals surface area contributed by atoms with Crippen LogP contribution in [0.1, 0.15) is 32.9 Å². The van der Waals surface area contributed by atoms with Crippen LogP contribution in [0.15, 0.2) is 30.3 Å². The summed E-state index contributed by atoms with van der Waals surface area (Å²) in [4.78, 5) is 14.5. The van der Waals surface area contributed by atoms with Gasteiger partial charge < -0.3 is 0 Å². The molecular weight excluding hydrogens is 372 g/mol. The lowest BCUT2D eigenvalue weighted by Crippen LogP contribution is -2.27. The zero-order valence-electron chi connectivity index (χ0n) is 12.6. The summed E-state index contributed by atoms with van der Waals surface area (Å²) < 4.78 is 76.6. The zero-order chi connectivity index (χ0) is 19.0. The summed E-state index contributed by atoms with van der Waals surface area (Å²) in [6.45, 7) is 1.71. The van der Waals surface area contributed by atoms with Gasteiger partial charge in [-0.2, -0.15) is 26.3 Å². The Morgan fingerprint density at radius 1 is 1.08 bits per heavy atom. The number of benzene rings is 1.